The van der Waals surface area contributed by atoms with Gasteiger partial charge in [-0.05, 0) is 31.9 Å². The van der Waals surface area contributed by atoms with Gasteiger partial charge in [0.15, 0.2) is 0 Å². The average molecular weight is 327 g/mol. The lowest BCUT2D eigenvalue weighted by atomic mass is 9.85. The molecule has 124 valence electrons. The minimum Gasteiger partial charge on any atom is -0.492 e. The summed E-state index contributed by atoms with van der Waals surface area (Å²) < 4.78 is 5.69. The smallest absolute Gasteiger partial charge is 0.229 e. The predicted molar refractivity (Wildman–Crippen MR) is 91.5 cm³/mol. The van der Waals surface area contributed by atoms with E-state index in [1.165, 1.54) is 5.56 Å². The van der Waals surface area contributed by atoms with Gasteiger partial charge in [0.1, 0.15) is 12.4 Å². The normalized spacial score (nSPS) is 16.0. The number of hydrogen-bond acceptors (Lipinski definition) is 3. The van der Waals surface area contributed by atoms with E-state index in [4.69, 9.17) is 10.5 Å². The number of nitrogens with zero attached hydrogens (tertiary/aromatic N) is 1. The summed E-state index contributed by atoms with van der Waals surface area (Å²) in [5.74, 6) is 1.02. The van der Waals surface area contributed by atoms with Gasteiger partial charge in [0, 0.05) is 13.6 Å². The second-order valence-electron chi connectivity index (χ2n) is 6.08. The van der Waals surface area contributed by atoms with Crippen molar-refractivity contribution in [2.75, 3.05) is 26.7 Å². The first kappa shape index (κ1) is 18.8. The summed E-state index contributed by atoms with van der Waals surface area (Å²) in [6.07, 6.45) is 4.06. The molecular weight excluding hydrogens is 300 g/mol. The number of hydrogen-bond donors (Lipinski definition) is 1. The number of nitrogens with two attached hydrogens (primary N) is 1. The second-order valence-corrected chi connectivity index (χ2v) is 6.08. The quantitative estimate of drug-likeness (QED) is 0.874. The first-order valence-corrected chi connectivity index (χ1v) is 7.72. The van der Waals surface area contributed by atoms with Gasteiger partial charge in [-0.1, -0.05) is 30.5 Å². The number of halogens is 1. The van der Waals surface area contributed by atoms with Gasteiger partial charge in [0.2, 0.25) is 5.91 Å². The average Bonchev–Trinajstić information content (AvgIpc) is 2.98. The molecule has 0 radical (unpaired) electrons. The lowest BCUT2D eigenvalue weighted by molar-refractivity contribution is -0.140. The Morgan fingerprint density at radius 3 is 2.41 bits per heavy atom. The largest absolute Gasteiger partial charge is 0.492 e. The van der Waals surface area contributed by atoms with E-state index in [-0.39, 0.29) is 23.7 Å². The van der Waals surface area contributed by atoms with E-state index in [2.05, 4.69) is 0 Å². The SMILES string of the molecule is Cc1ccc(OCCN(C)C(=O)C2(CN)CCCC2)cc1.Cl. The monoisotopic (exact) mass is 326 g/mol. The molecule has 1 aliphatic rings. The maximum absolute atomic E-state index is 12.6. The summed E-state index contributed by atoms with van der Waals surface area (Å²) in [5, 5.41) is 0. The molecule has 1 amide bonds. The summed E-state index contributed by atoms with van der Waals surface area (Å²) in [6.45, 7) is 3.60. The molecule has 0 bridgehead atoms. The summed E-state index contributed by atoms with van der Waals surface area (Å²) in [4.78, 5) is 14.3. The van der Waals surface area contributed by atoms with Crippen molar-refractivity contribution in [3.63, 3.8) is 0 Å². The highest BCUT2D eigenvalue weighted by Gasteiger charge is 2.41. The van der Waals surface area contributed by atoms with Gasteiger partial charge in [0.05, 0.1) is 12.0 Å². The highest BCUT2D eigenvalue weighted by Crippen LogP contribution is 2.38. The predicted octanol–water partition coefficient (Wildman–Crippen LogP) is 2.77. The molecule has 0 unspecified atom stereocenters. The van der Waals surface area contributed by atoms with E-state index in [0.717, 1.165) is 31.4 Å². The van der Waals surface area contributed by atoms with E-state index in [1.54, 1.807) is 4.90 Å². The number of ether oxygens (including phenoxy) is 1. The van der Waals surface area contributed by atoms with Crippen molar-refractivity contribution in [1.29, 1.82) is 0 Å². The molecule has 0 heterocycles. The molecule has 5 heteroatoms. The number of carbonyl (C=O) groups excluding carboxylic acids is 1. The minimum atomic E-state index is -0.321. The molecule has 1 fully saturated rings. The Morgan fingerprint density at radius 1 is 1.27 bits per heavy atom. The molecule has 4 nitrogen and oxygen atoms in total. The Hall–Kier alpha value is -1.26. The van der Waals surface area contributed by atoms with Crippen molar-refractivity contribution >= 4 is 18.3 Å². The molecular formula is C17H27ClN2O2. The number of aryl methyl sites for hydroxylation is 1. The zero-order valence-corrected chi connectivity index (χ0v) is 14.3. The van der Waals surface area contributed by atoms with Crippen molar-refractivity contribution in [3.8, 4) is 5.75 Å². The molecule has 0 aliphatic heterocycles. The lowest BCUT2D eigenvalue weighted by Gasteiger charge is -2.31. The van der Waals surface area contributed by atoms with Crippen LogP contribution in [-0.2, 0) is 4.79 Å². The molecule has 22 heavy (non-hydrogen) atoms. The highest BCUT2D eigenvalue weighted by molar-refractivity contribution is 5.85. The van der Waals surface area contributed by atoms with Gasteiger partial charge in [-0.3, -0.25) is 4.79 Å². The fraction of sp³-hybridized carbons (Fsp3) is 0.588. The van der Waals surface area contributed by atoms with Crippen LogP contribution in [0.1, 0.15) is 31.2 Å². The van der Waals surface area contributed by atoms with Gasteiger partial charge in [-0.15, -0.1) is 12.4 Å². The second kappa shape index (κ2) is 8.39. The molecule has 1 aromatic rings. The first-order valence-electron chi connectivity index (χ1n) is 7.72. The minimum absolute atomic E-state index is 0. The third-order valence-electron chi connectivity index (χ3n) is 4.47. The molecule has 2 rings (SSSR count). The summed E-state index contributed by atoms with van der Waals surface area (Å²) in [5.41, 5.74) is 6.75. The summed E-state index contributed by atoms with van der Waals surface area (Å²) in [6, 6.07) is 7.95. The van der Waals surface area contributed by atoms with Crippen LogP contribution >= 0.6 is 12.4 Å². The van der Waals surface area contributed by atoms with E-state index in [1.807, 2.05) is 38.2 Å². The molecule has 0 spiro atoms. The van der Waals surface area contributed by atoms with Crippen LogP contribution in [0.3, 0.4) is 0 Å². The zero-order valence-electron chi connectivity index (χ0n) is 13.5. The van der Waals surface area contributed by atoms with Crippen LogP contribution in [0.5, 0.6) is 5.75 Å². The molecule has 0 saturated heterocycles. The summed E-state index contributed by atoms with van der Waals surface area (Å²) >= 11 is 0. The van der Waals surface area contributed by atoms with Crippen LogP contribution in [0.15, 0.2) is 24.3 Å². The Bertz CT molecular complexity index is 470. The fourth-order valence-electron chi connectivity index (χ4n) is 3.00. The third kappa shape index (κ3) is 4.37. The van der Waals surface area contributed by atoms with E-state index < -0.39 is 0 Å². The van der Waals surface area contributed by atoms with E-state index in [0.29, 0.717) is 19.7 Å². The van der Waals surface area contributed by atoms with Crippen LogP contribution in [0.4, 0.5) is 0 Å². The fourth-order valence-corrected chi connectivity index (χ4v) is 3.00. The van der Waals surface area contributed by atoms with Gasteiger partial charge >= 0.3 is 0 Å². The molecule has 0 aromatic heterocycles. The Kier molecular flexibility index (Phi) is 7.17. The molecule has 0 atom stereocenters. The van der Waals surface area contributed by atoms with E-state index in [9.17, 15) is 4.79 Å². The number of benzene rings is 1. The van der Waals surface area contributed by atoms with Crippen LogP contribution in [0.25, 0.3) is 0 Å². The highest BCUT2D eigenvalue weighted by atomic mass is 35.5. The van der Waals surface area contributed by atoms with Crippen molar-refractivity contribution in [2.24, 2.45) is 11.1 Å². The zero-order chi connectivity index (χ0) is 15.3. The Morgan fingerprint density at radius 2 is 1.86 bits per heavy atom. The van der Waals surface area contributed by atoms with Gasteiger partial charge in [-0.2, -0.15) is 0 Å². The van der Waals surface area contributed by atoms with Crippen molar-refractivity contribution in [3.05, 3.63) is 29.8 Å². The molecule has 1 saturated carbocycles. The topological polar surface area (TPSA) is 55.6 Å². The number of rotatable bonds is 6. The summed E-state index contributed by atoms with van der Waals surface area (Å²) in [7, 11) is 1.84. The van der Waals surface area contributed by atoms with E-state index >= 15 is 0 Å². The van der Waals surface area contributed by atoms with Crippen molar-refractivity contribution < 1.29 is 9.53 Å². The van der Waals surface area contributed by atoms with Gasteiger partial charge in [-0.25, -0.2) is 0 Å². The number of likely N-dealkylation sites (N-methyl/N-ethyl adjacent to an activating group) is 1. The van der Waals surface area contributed by atoms with Crippen LogP contribution in [0, 0.1) is 12.3 Å². The van der Waals surface area contributed by atoms with Gasteiger partial charge < -0.3 is 15.4 Å². The number of amides is 1. The maximum Gasteiger partial charge on any atom is 0.229 e. The van der Waals surface area contributed by atoms with Crippen molar-refractivity contribution in [2.45, 2.75) is 32.6 Å². The standard InChI is InChI=1S/C17H26N2O2.ClH/c1-14-5-7-15(8-6-14)21-12-11-19(2)16(20)17(13-18)9-3-4-10-17;/h5-8H,3-4,9-13,18H2,1-2H3;1H. The maximum atomic E-state index is 12.6. The van der Waals surface area contributed by atoms with Crippen LogP contribution in [-0.4, -0.2) is 37.6 Å². The van der Waals surface area contributed by atoms with Crippen molar-refractivity contribution in [1.82, 2.24) is 4.90 Å². The van der Waals surface area contributed by atoms with Crippen LogP contribution in [0.2, 0.25) is 0 Å². The molecule has 1 aromatic carbocycles. The lowest BCUT2D eigenvalue weighted by Crippen LogP contribution is -2.46. The number of carbonyl (C=O) groups is 1. The first-order chi connectivity index (χ1) is 10.1. The van der Waals surface area contributed by atoms with Gasteiger partial charge in [0.25, 0.3) is 0 Å². The third-order valence-corrected chi connectivity index (χ3v) is 4.47. The Balaban J connectivity index is 0.00000242. The van der Waals surface area contributed by atoms with Crippen LogP contribution < -0.4 is 10.5 Å². The molecule has 2 N–H and O–H groups in total. The Labute approximate surface area is 139 Å². The molecule has 1 aliphatic carbocycles.